The van der Waals surface area contributed by atoms with Crippen molar-refractivity contribution in [3.8, 4) is 0 Å². The van der Waals surface area contributed by atoms with Crippen LogP contribution in [0.25, 0.3) is 0 Å². The van der Waals surface area contributed by atoms with Crippen LogP contribution in [-0.4, -0.2) is 31.2 Å². The lowest BCUT2D eigenvalue weighted by Crippen LogP contribution is -2.25. The van der Waals surface area contributed by atoms with Crippen LogP contribution in [0.1, 0.15) is 5.56 Å². The first-order valence-corrected chi connectivity index (χ1v) is 8.00. The Kier molecular flexibility index (Phi) is 5.09. The van der Waals surface area contributed by atoms with E-state index in [-0.39, 0.29) is 11.4 Å². The van der Waals surface area contributed by atoms with E-state index >= 15 is 0 Å². The number of nitrogens with one attached hydrogen (secondary N) is 1. The molecule has 0 radical (unpaired) electrons. The highest BCUT2D eigenvalue weighted by Gasteiger charge is 2.17. The van der Waals surface area contributed by atoms with Crippen LogP contribution in [0.2, 0.25) is 0 Å². The Morgan fingerprint density at radius 2 is 1.95 bits per heavy atom. The lowest BCUT2D eigenvalue weighted by atomic mass is 10.1. The summed E-state index contributed by atoms with van der Waals surface area (Å²) < 4.78 is 51.7. The largest absolute Gasteiger partial charge is 0.399 e. The fourth-order valence-corrected chi connectivity index (χ4v) is 2.81. The third-order valence-electron chi connectivity index (χ3n) is 2.93. The Bertz CT molecular complexity index is 714. The average molecular weight is 330 g/mol. The van der Waals surface area contributed by atoms with Crippen LogP contribution in [0.3, 0.4) is 0 Å². The Labute approximate surface area is 127 Å². The van der Waals surface area contributed by atoms with Gasteiger partial charge in [-0.3, -0.25) is 4.68 Å². The number of rotatable bonds is 7. The molecule has 1 aromatic heterocycles. The molecule has 0 unspecified atom stereocenters. The first-order valence-electron chi connectivity index (χ1n) is 6.51. The Morgan fingerprint density at radius 3 is 2.59 bits per heavy atom. The number of hydrogen-bond acceptors (Lipinski definition) is 4. The standard InChI is InChI=1S/C13H16F2N4O2S/c14-13(15)9-19-8-12(7-17-19)22(20,21)18-6-5-10-1-3-11(16)4-2-10/h1-4,7-8,13,18H,5-6,9,16H2. The molecular formula is C13H16F2N4O2S. The average Bonchev–Trinajstić information content (AvgIpc) is 2.89. The second-order valence-electron chi connectivity index (χ2n) is 4.68. The van der Waals surface area contributed by atoms with E-state index in [0.29, 0.717) is 12.1 Å². The first kappa shape index (κ1) is 16.4. The summed E-state index contributed by atoms with van der Waals surface area (Å²) >= 11 is 0. The van der Waals surface area contributed by atoms with Gasteiger partial charge in [-0.05, 0) is 24.1 Å². The molecule has 0 saturated carbocycles. The molecule has 0 atom stereocenters. The molecular weight excluding hydrogens is 314 g/mol. The smallest absolute Gasteiger partial charge is 0.257 e. The van der Waals surface area contributed by atoms with E-state index in [1.807, 2.05) is 12.1 Å². The van der Waals surface area contributed by atoms with Crippen LogP contribution >= 0.6 is 0 Å². The van der Waals surface area contributed by atoms with E-state index in [4.69, 9.17) is 5.73 Å². The van der Waals surface area contributed by atoms with Crippen molar-refractivity contribution in [2.45, 2.75) is 24.3 Å². The molecule has 0 spiro atoms. The Morgan fingerprint density at radius 1 is 1.27 bits per heavy atom. The zero-order valence-corrected chi connectivity index (χ0v) is 12.4. The zero-order valence-electron chi connectivity index (χ0n) is 11.6. The minimum Gasteiger partial charge on any atom is -0.399 e. The molecule has 0 fully saturated rings. The van der Waals surface area contributed by atoms with Gasteiger partial charge in [-0.1, -0.05) is 12.1 Å². The van der Waals surface area contributed by atoms with Gasteiger partial charge in [0.1, 0.15) is 11.4 Å². The second kappa shape index (κ2) is 6.84. The summed E-state index contributed by atoms with van der Waals surface area (Å²) in [5.41, 5.74) is 7.13. The third-order valence-corrected chi connectivity index (χ3v) is 4.35. The molecule has 0 saturated heterocycles. The minimum absolute atomic E-state index is 0.134. The van der Waals surface area contributed by atoms with Crippen molar-refractivity contribution in [3.05, 3.63) is 42.2 Å². The molecule has 2 rings (SSSR count). The molecule has 2 aromatic rings. The fraction of sp³-hybridized carbons (Fsp3) is 0.308. The number of nitrogens with zero attached hydrogens (tertiary/aromatic N) is 2. The van der Waals surface area contributed by atoms with Crippen molar-refractivity contribution in [1.29, 1.82) is 0 Å². The molecule has 0 aliphatic carbocycles. The molecule has 1 heterocycles. The van der Waals surface area contributed by atoms with Crippen LogP contribution in [-0.2, 0) is 23.0 Å². The Hall–Kier alpha value is -2.00. The van der Waals surface area contributed by atoms with Crippen molar-refractivity contribution in [1.82, 2.24) is 14.5 Å². The van der Waals surface area contributed by atoms with Gasteiger partial charge in [-0.2, -0.15) is 5.10 Å². The maximum Gasteiger partial charge on any atom is 0.257 e. The summed E-state index contributed by atoms with van der Waals surface area (Å²) in [5, 5.41) is 3.60. The third kappa shape index (κ3) is 4.50. The van der Waals surface area contributed by atoms with Gasteiger partial charge < -0.3 is 5.73 Å². The molecule has 0 aliphatic rings. The highest BCUT2D eigenvalue weighted by molar-refractivity contribution is 7.89. The summed E-state index contributed by atoms with van der Waals surface area (Å²) in [5.74, 6) is 0. The lowest BCUT2D eigenvalue weighted by Gasteiger charge is -2.05. The van der Waals surface area contributed by atoms with Crippen molar-refractivity contribution in [3.63, 3.8) is 0 Å². The van der Waals surface area contributed by atoms with E-state index in [2.05, 4.69) is 9.82 Å². The normalized spacial score (nSPS) is 12.0. The van der Waals surface area contributed by atoms with Crippen molar-refractivity contribution >= 4 is 15.7 Å². The molecule has 22 heavy (non-hydrogen) atoms. The van der Waals surface area contributed by atoms with Gasteiger partial charge >= 0.3 is 0 Å². The van der Waals surface area contributed by atoms with Crippen molar-refractivity contribution < 1.29 is 17.2 Å². The number of anilines is 1. The summed E-state index contributed by atoms with van der Waals surface area (Å²) in [6, 6.07) is 7.09. The topological polar surface area (TPSA) is 90.0 Å². The number of nitrogens with two attached hydrogens (primary N) is 1. The quantitative estimate of drug-likeness (QED) is 0.748. The molecule has 120 valence electrons. The van der Waals surface area contributed by atoms with Crippen LogP contribution in [0.4, 0.5) is 14.5 Å². The number of aromatic nitrogens is 2. The lowest BCUT2D eigenvalue weighted by molar-refractivity contribution is 0.121. The van der Waals surface area contributed by atoms with Gasteiger partial charge in [0.25, 0.3) is 6.43 Å². The number of alkyl halides is 2. The predicted octanol–water partition coefficient (Wildman–Crippen LogP) is 1.25. The summed E-state index contributed by atoms with van der Waals surface area (Å²) in [6.45, 7) is -0.451. The number of nitrogen functional groups attached to an aromatic ring is 1. The number of hydrogen-bond donors (Lipinski definition) is 2. The van der Waals surface area contributed by atoms with Gasteiger partial charge in [0, 0.05) is 18.4 Å². The summed E-state index contributed by atoms with van der Waals surface area (Å²) in [6.07, 6.45) is 0.0324. The molecule has 9 heteroatoms. The predicted molar refractivity (Wildman–Crippen MR) is 78.0 cm³/mol. The maximum atomic E-state index is 12.2. The van der Waals surface area contributed by atoms with E-state index in [1.54, 1.807) is 12.1 Å². The van der Waals surface area contributed by atoms with Crippen LogP contribution < -0.4 is 10.5 Å². The van der Waals surface area contributed by atoms with E-state index in [0.717, 1.165) is 22.6 Å². The van der Waals surface area contributed by atoms with Crippen LogP contribution in [0.5, 0.6) is 0 Å². The molecule has 6 nitrogen and oxygen atoms in total. The Balaban J connectivity index is 1.93. The number of benzene rings is 1. The van der Waals surface area contributed by atoms with Gasteiger partial charge in [0.05, 0.1) is 6.20 Å². The van der Waals surface area contributed by atoms with Crippen molar-refractivity contribution in [2.75, 3.05) is 12.3 Å². The highest BCUT2D eigenvalue weighted by Crippen LogP contribution is 2.09. The maximum absolute atomic E-state index is 12.2. The summed E-state index contributed by atoms with van der Waals surface area (Å²) in [7, 11) is -3.76. The van der Waals surface area contributed by atoms with E-state index in [9.17, 15) is 17.2 Å². The van der Waals surface area contributed by atoms with Gasteiger partial charge in [-0.15, -0.1) is 0 Å². The molecule has 0 amide bonds. The van der Waals surface area contributed by atoms with Gasteiger partial charge in [0.2, 0.25) is 10.0 Å². The summed E-state index contributed by atoms with van der Waals surface area (Å²) in [4.78, 5) is -0.134. The van der Waals surface area contributed by atoms with Crippen molar-refractivity contribution in [2.24, 2.45) is 0 Å². The zero-order chi connectivity index (χ0) is 16.2. The number of sulfonamides is 1. The van der Waals surface area contributed by atoms with E-state index in [1.165, 1.54) is 0 Å². The second-order valence-corrected chi connectivity index (χ2v) is 6.45. The highest BCUT2D eigenvalue weighted by atomic mass is 32.2. The van der Waals surface area contributed by atoms with Gasteiger partial charge in [0.15, 0.2) is 0 Å². The SMILES string of the molecule is Nc1ccc(CCNS(=O)(=O)c2cnn(CC(F)F)c2)cc1. The molecule has 0 aliphatic heterocycles. The first-order chi connectivity index (χ1) is 10.4. The van der Waals surface area contributed by atoms with Gasteiger partial charge in [-0.25, -0.2) is 21.9 Å². The minimum atomic E-state index is -3.76. The van der Waals surface area contributed by atoms with Crippen LogP contribution in [0.15, 0.2) is 41.6 Å². The molecule has 0 bridgehead atoms. The monoisotopic (exact) mass is 330 g/mol. The van der Waals surface area contributed by atoms with E-state index < -0.39 is 23.0 Å². The van der Waals surface area contributed by atoms with Crippen LogP contribution in [0, 0.1) is 0 Å². The fourth-order valence-electron chi connectivity index (χ4n) is 1.82. The molecule has 1 aromatic carbocycles. The number of halogens is 2. The molecule has 3 N–H and O–H groups in total.